The van der Waals surface area contributed by atoms with Crippen molar-refractivity contribution in [3.63, 3.8) is 0 Å². The van der Waals surface area contributed by atoms with Crippen molar-refractivity contribution < 1.29 is 9.53 Å². The smallest absolute Gasteiger partial charge is 0.248 e. The number of anilines is 3. The number of piperazine rings is 1. The topological polar surface area (TPSA) is 106 Å². The number of rotatable bonds is 9. The number of carbonyl (C=O) groups excluding carboxylic acids is 1. The number of benzene rings is 2. The van der Waals surface area contributed by atoms with Gasteiger partial charge in [0.05, 0.1) is 50.5 Å². The maximum atomic E-state index is 12.9. The quantitative estimate of drug-likeness (QED) is 0.273. The van der Waals surface area contributed by atoms with Crippen LogP contribution in [0.4, 0.5) is 17.1 Å². The van der Waals surface area contributed by atoms with Gasteiger partial charge in [-0.05, 0) is 44.7 Å². The van der Waals surface area contributed by atoms with Crippen LogP contribution >= 0.6 is 11.3 Å². The van der Waals surface area contributed by atoms with Gasteiger partial charge in [0.1, 0.15) is 11.8 Å². The number of nitrogens with one attached hydrogen (secondary N) is 2. The fraction of sp³-hybridized carbons (Fsp3) is 0.333. The Morgan fingerprint density at radius 1 is 1.18 bits per heavy atom. The molecule has 206 valence electrons. The number of ether oxygens (including phenoxy) is 1. The molecule has 0 unspecified atom stereocenters. The highest BCUT2D eigenvalue weighted by Gasteiger charge is 2.19. The number of carbonyl (C=O) groups is 1. The van der Waals surface area contributed by atoms with E-state index in [4.69, 9.17) is 9.72 Å². The van der Waals surface area contributed by atoms with Crippen LogP contribution in [0, 0.1) is 11.3 Å². The van der Waals surface area contributed by atoms with Gasteiger partial charge in [0.25, 0.3) is 0 Å². The van der Waals surface area contributed by atoms with Gasteiger partial charge in [-0.25, -0.2) is 4.98 Å². The second kappa shape index (κ2) is 12.4. The lowest BCUT2D eigenvalue weighted by atomic mass is 10.0. The van der Waals surface area contributed by atoms with Crippen LogP contribution in [0.25, 0.3) is 21.1 Å². The van der Waals surface area contributed by atoms with Crippen molar-refractivity contribution in [3.8, 4) is 11.8 Å². The number of nitrogens with zero attached hydrogens (tertiary/aromatic N) is 5. The highest BCUT2D eigenvalue weighted by Crippen LogP contribution is 2.38. The van der Waals surface area contributed by atoms with E-state index in [9.17, 15) is 10.1 Å². The summed E-state index contributed by atoms with van der Waals surface area (Å²) in [4.78, 5) is 26.7. The lowest BCUT2D eigenvalue weighted by Gasteiger charge is -2.31. The van der Waals surface area contributed by atoms with E-state index in [2.05, 4.69) is 38.5 Å². The van der Waals surface area contributed by atoms with Gasteiger partial charge >= 0.3 is 0 Å². The van der Waals surface area contributed by atoms with Gasteiger partial charge in [-0.15, -0.1) is 11.3 Å². The number of aromatic nitrogens is 2. The molecule has 2 aromatic carbocycles. The molecule has 0 radical (unpaired) electrons. The zero-order chi connectivity index (χ0) is 28.1. The molecule has 0 atom stereocenters. The van der Waals surface area contributed by atoms with Crippen molar-refractivity contribution in [2.45, 2.75) is 20.3 Å². The first-order valence-corrected chi connectivity index (χ1v) is 14.4. The molecule has 1 fully saturated rings. The van der Waals surface area contributed by atoms with Crippen molar-refractivity contribution in [3.05, 3.63) is 59.3 Å². The van der Waals surface area contributed by atoms with E-state index in [0.29, 0.717) is 46.9 Å². The molecule has 2 aromatic heterocycles. The number of amides is 1. The minimum Gasteiger partial charge on any atom is -0.492 e. The van der Waals surface area contributed by atoms with E-state index in [-0.39, 0.29) is 5.91 Å². The first kappa shape index (κ1) is 27.5. The Hall–Kier alpha value is -4.04. The Bertz CT molecular complexity index is 1600. The summed E-state index contributed by atoms with van der Waals surface area (Å²) in [5.74, 6) is 0.297. The van der Waals surface area contributed by atoms with E-state index in [1.807, 2.05) is 55.8 Å². The maximum Gasteiger partial charge on any atom is 0.248 e. The van der Waals surface area contributed by atoms with Gasteiger partial charge in [0.15, 0.2) is 0 Å². The number of aryl methyl sites for hydroxylation is 1. The Balaban J connectivity index is 1.48. The highest BCUT2D eigenvalue weighted by atomic mass is 32.1. The summed E-state index contributed by atoms with van der Waals surface area (Å²) in [6.45, 7) is 9.08. The first-order chi connectivity index (χ1) is 19.5. The second-order valence-electron chi connectivity index (χ2n) is 9.73. The van der Waals surface area contributed by atoms with Crippen LogP contribution in [0.1, 0.15) is 25.1 Å². The molecular weight excluding hydrogens is 522 g/mol. The number of fused-ring (bicyclic) bond motifs is 2. The summed E-state index contributed by atoms with van der Waals surface area (Å²) in [7, 11) is 2.12. The van der Waals surface area contributed by atoms with Gasteiger partial charge in [-0.1, -0.05) is 13.0 Å². The van der Waals surface area contributed by atoms with Crippen LogP contribution < -0.4 is 15.4 Å². The number of nitriles is 1. The molecule has 1 aliphatic heterocycles. The van der Waals surface area contributed by atoms with E-state index >= 15 is 0 Å². The van der Waals surface area contributed by atoms with Crippen LogP contribution in [0.2, 0.25) is 0 Å². The molecule has 10 heteroatoms. The number of hydrogen-bond donors (Lipinski definition) is 2. The molecule has 0 aliphatic carbocycles. The zero-order valence-electron chi connectivity index (χ0n) is 23.0. The lowest BCUT2D eigenvalue weighted by Crippen LogP contribution is -2.44. The lowest BCUT2D eigenvalue weighted by molar-refractivity contribution is -0.111. The summed E-state index contributed by atoms with van der Waals surface area (Å²) in [6.07, 6.45) is 4.07. The zero-order valence-corrected chi connectivity index (χ0v) is 23.8. The second-order valence-corrected chi connectivity index (χ2v) is 10.6. The summed E-state index contributed by atoms with van der Waals surface area (Å²) >= 11 is 1.56. The first-order valence-electron chi connectivity index (χ1n) is 13.5. The standard InChI is InChI=1S/C30H33N7O2S/c1-4-23-22(18-31)30(33-20-8-9-24-28(15-20)40-19-32-24)21-16-26(27(39-5-2)17-25(21)34-23)35-29(38)7-6-10-37-13-11-36(3)12-14-37/h6-9,15-17,19H,4-5,10-14H2,1-3H3,(H,33,34)(H,35,38)/b7-6+. The van der Waals surface area contributed by atoms with Crippen LogP contribution in [-0.4, -0.2) is 72.1 Å². The fourth-order valence-corrected chi connectivity index (χ4v) is 5.53. The Morgan fingerprint density at radius 3 is 2.75 bits per heavy atom. The molecule has 0 spiro atoms. The van der Waals surface area contributed by atoms with Crippen molar-refractivity contribution in [2.75, 3.05) is 57.0 Å². The van der Waals surface area contributed by atoms with Gasteiger partial charge in [-0.3, -0.25) is 14.7 Å². The summed E-state index contributed by atoms with van der Waals surface area (Å²) in [5.41, 5.74) is 6.62. The van der Waals surface area contributed by atoms with Crippen molar-refractivity contribution in [1.29, 1.82) is 5.26 Å². The largest absolute Gasteiger partial charge is 0.492 e. The molecule has 4 aromatic rings. The predicted octanol–water partition coefficient (Wildman–Crippen LogP) is 5.16. The SMILES string of the molecule is CCOc1cc2nc(CC)c(C#N)c(Nc3ccc4ncsc4c3)c2cc1NC(=O)/C=C/CN1CCN(C)CC1. The van der Waals surface area contributed by atoms with Gasteiger partial charge in [0.2, 0.25) is 5.91 Å². The molecule has 1 aliphatic rings. The van der Waals surface area contributed by atoms with E-state index in [0.717, 1.165) is 54.0 Å². The molecule has 1 amide bonds. The highest BCUT2D eigenvalue weighted by molar-refractivity contribution is 7.16. The van der Waals surface area contributed by atoms with Crippen molar-refractivity contribution in [2.24, 2.45) is 0 Å². The number of likely N-dealkylation sites (N-methyl/N-ethyl adjacent to an activating group) is 1. The summed E-state index contributed by atoms with van der Waals surface area (Å²) in [5, 5.41) is 17.3. The molecule has 2 N–H and O–H groups in total. The van der Waals surface area contributed by atoms with Gasteiger partial charge in [0, 0.05) is 55.9 Å². The number of hydrogen-bond acceptors (Lipinski definition) is 9. The van der Waals surface area contributed by atoms with E-state index in [1.54, 1.807) is 17.4 Å². The fourth-order valence-electron chi connectivity index (χ4n) is 4.81. The maximum absolute atomic E-state index is 12.9. The van der Waals surface area contributed by atoms with Crippen LogP contribution in [0.15, 0.2) is 48.0 Å². The van der Waals surface area contributed by atoms with Gasteiger partial charge < -0.3 is 20.3 Å². The molecule has 3 heterocycles. The third-order valence-electron chi connectivity index (χ3n) is 6.99. The van der Waals surface area contributed by atoms with Crippen LogP contribution in [-0.2, 0) is 11.2 Å². The Kier molecular flexibility index (Phi) is 8.55. The Labute approximate surface area is 238 Å². The molecule has 0 bridgehead atoms. The monoisotopic (exact) mass is 555 g/mol. The number of pyridine rings is 1. The predicted molar refractivity (Wildman–Crippen MR) is 162 cm³/mol. The molecule has 40 heavy (non-hydrogen) atoms. The minimum absolute atomic E-state index is 0.238. The van der Waals surface area contributed by atoms with Crippen molar-refractivity contribution in [1.82, 2.24) is 19.8 Å². The van der Waals surface area contributed by atoms with E-state index in [1.165, 1.54) is 0 Å². The molecule has 0 saturated carbocycles. The average Bonchev–Trinajstić information content (AvgIpc) is 3.42. The third-order valence-corrected chi connectivity index (χ3v) is 7.79. The average molecular weight is 556 g/mol. The number of thiazole rings is 1. The molecular formula is C30H33N7O2S. The Morgan fingerprint density at radius 2 is 2.00 bits per heavy atom. The van der Waals surface area contributed by atoms with Crippen molar-refractivity contribution >= 4 is 55.4 Å². The normalized spacial score (nSPS) is 14.6. The van der Waals surface area contributed by atoms with Gasteiger partial charge in [-0.2, -0.15) is 5.26 Å². The molecule has 1 saturated heterocycles. The third kappa shape index (κ3) is 6.07. The van der Waals surface area contributed by atoms with Crippen LogP contribution in [0.5, 0.6) is 5.75 Å². The van der Waals surface area contributed by atoms with E-state index < -0.39 is 0 Å². The molecule has 5 rings (SSSR count). The summed E-state index contributed by atoms with van der Waals surface area (Å²) in [6, 6.07) is 11.9. The van der Waals surface area contributed by atoms with Crippen LogP contribution in [0.3, 0.4) is 0 Å². The minimum atomic E-state index is -0.238. The summed E-state index contributed by atoms with van der Waals surface area (Å²) < 4.78 is 6.95. The molecule has 9 nitrogen and oxygen atoms in total.